The highest BCUT2D eigenvalue weighted by Crippen LogP contribution is 2.45. The van der Waals surface area contributed by atoms with Crippen molar-refractivity contribution in [1.82, 2.24) is 4.57 Å². The minimum Gasteiger partial charge on any atom is -0.338 e. The molecule has 1 aliphatic rings. The number of anilines is 1. The fourth-order valence-electron chi connectivity index (χ4n) is 3.74. The second-order valence-corrected chi connectivity index (χ2v) is 10.6. The fraction of sp³-hybridized carbons (Fsp3) is 0.167. The number of benzene rings is 2. The first-order chi connectivity index (χ1) is 15.5. The molecule has 0 saturated carbocycles. The number of allylic oxidation sites excluding steroid dienone is 1. The van der Waals surface area contributed by atoms with Gasteiger partial charge in [0.25, 0.3) is 10.6 Å². The Morgan fingerprint density at radius 3 is 2.72 bits per heavy atom. The van der Waals surface area contributed by atoms with Gasteiger partial charge in [0, 0.05) is 24.6 Å². The van der Waals surface area contributed by atoms with Gasteiger partial charge in [0.2, 0.25) is 5.52 Å². The Morgan fingerprint density at radius 1 is 1.12 bits per heavy atom. The molecule has 162 valence electrons. The van der Waals surface area contributed by atoms with Gasteiger partial charge in [0.05, 0.1) is 21.3 Å². The Hall–Kier alpha value is -2.68. The Morgan fingerprint density at radius 2 is 1.94 bits per heavy atom. The number of hydrogen-bond donors (Lipinski definition) is 0. The number of aryl methyl sites for hydroxylation is 1. The molecule has 0 bridgehead atoms. The number of thiazole rings is 2. The smallest absolute Gasteiger partial charge is 0.269 e. The van der Waals surface area contributed by atoms with Crippen LogP contribution in [0.1, 0.15) is 11.9 Å². The summed E-state index contributed by atoms with van der Waals surface area (Å²) >= 11 is 4.79. The van der Waals surface area contributed by atoms with E-state index < -0.39 is 0 Å². The number of para-hydroxylation sites is 1. The van der Waals surface area contributed by atoms with Crippen LogP contribution in [-0.2, 0) is 13.6 Å². The molecule has 2 aromatic carbocycles. The van der Waals surface area contributed by atoms with Gasteiger partial charge in [-0.15, -0.1) is 11.3 Å². The molecule has 0 amide bonds. The lowest BCUT2D eigenvalue weighted by Gasteiger charge is -2.12. The highest BCUT2D eigenvalue weighted by atomic mass is 32.2. The molecule has 4 nitrogen and oxygen atoms in total. The highest BCUT2D eigenvalue weighted by Gasteiger charge is 2.22. The standard InChI is InChI=1S/C24H21FN3OS3/c1-4-28-23(14-22-26(2)16-7-5-6-8-18(16)31-22)32-20(24(28)29)11-12-21-27(3)17-13-15(25)9-10-19(17)30-21/h5-14H,4H2,1-3H3/q+1. The summed E-state index contributed by atoms with van der Waals surface area (Å²) in [6, 6.07) is 13.1. The minimum atomic E-state index is -0.250. The molecule has 4 aromatic rings. The van der Waals surface area contributed by atoms with Crippen LogP contribution in [0.25, 0.3) is 22.4 Å². The summed E-state index contributed by atoms with van der Waals surface area (Å²) < 4.78 is 20.4. The summed E-state index contributed by atoms with van der Waals surface area (Å²) in [6.07, 6.45) is 5.92. The third kappa shape index (κ3) is 3.62. The molecule has 0 radical (unpaired) electrons. The number of thioether (sulfide) groups is 1. The predicted octanol–water partition coefficient (Wildman–Crippen LogP) is 3.80. The number of rotatable bonds is 3. The van der Waals surface area contributed by atoms with Gasteiger partial charge in [0.1, 0.15) is 22.2 Å². The van der Waals surface area contributed by atoms with E-state index in [9.17, 15) is 9.18 Å². The number of halogens is 1. The van der Waals surface area contributed by atoms with Crippen LogP contribution in [0, 0.1) is 5.82 Å². The van der Waals surface area contributed by atoms with Crippen LogP contribution in [0.15, 0.2) is 63.3 Å². The molecule has 1 aliphatic heterocycles. The largest absolute Gasteiger partial charge is 0.338 e. The first-order valence-electron chi connectivity index (χ1n) is 10.2. The van der Waals surface area contributed by atoms with Gasteiger partial charge < -0.3 is 4.90 Å². The average molecular weight is 483 g/mol. The van der Waals surface area contributed by atoms with Crippen LogP contribution in [0.3, 0.4) is 0 Å². The molecule has 8 heteroatoms. The zero-order valence-electron chi connectivity index (χ0n) is 17.8. The first-order valence-corrected chi connectivity index (χ1v) is 12.6. The van der Waals surface area contributed by atoms with Crippen LogP contribution in [0.4, 0.5) is 10.1 Å². The third-order valence-electron chi connectivity index (χ3n) is 5.48. The van der Waals surface area contributed by atoms with Gasteiger partial charge in [-0.2, -0.15) is 4.57 Å². The van der Waals surface area contributed by atoms with Crippen molar-refractivity contribution in [3.63, 3.8) is 0 Å². The summed E-state index contributed by atoms with van der Waals surface area (Å²) in [5.74, 6) is -0.250. The molecule has 0 fully saturated rings. The molecule has 5 rings (SSSR count). The van der Waals surface area contributed by atoms with E-state index in [0.717, 1.165) is 25.3 Å². The van der Waals surface area contributed by atoms with E-state index in [-0.39, 0.29) is 11.4 Å². The van der Waals surface area contributed by atoms with Gasteiger partial charge >= 0.3 is 0 Å². The zero-order valence-corrected chi connectivity index (χ0v) is 20.3. The SMILES string of the molecule is CCn1c(=Cc2sc3ccccc3[n+]2C)sc(=CC=C2Sc3ccc(F)cc3N2C)c1=O. The second-order valence-electron chi connectivity index (χ2n) is 7.41. The molecule has 0 spiro atoms. The van der Waals surface area contributed by atoms with Crippen molar-refractivity contribution in [2.24, 2.45) is 7.05 Å². The maximum absolute atomic E-state index is 13.6. The van der Waals surface area contributed by atoms with E-state index >= 15 is 0 Å². The maximum Gasteiger partial charge on any atom is 0.269 e. The Kier molecular flexibility index (Phi) is 5.53. The van der Waals surface area contributed by atoms with E-state index in [1.54, 1.807) is 29.2 Å². The number of nitrogens with zero attached hydrogens (tertiary/aromatic N) is 3. The van der Waals surface area contributed by atoms with Gasteiger partial charge in [-0.3, -0.25) is 9.36 Å². The molecule has 0 N–H and O–H groups in total. The third-order valence-corrected chi connectivity index (χ3v) is 8.90. The summed E-state index contributed by atoms with van der Waals surface area (Å²) in [7, 11) is 3.97. The summed E-state index contributed by atoms with van der Waals surface area (Å²) in [6.45, 7) is 2.60. The van der Waals surface area contributed by atoms with Crippen molar-refractivity contribution >= 4 is 62.5 Å². The van der Waals surface area contributed by atoms with Crippen molar-refractivity contribution in [2.45, 2.75) is 18.4 Å². The van der Waals surface area contributed by atoms with E-state index in [1.165, 1.54) is 33.7 Å². The molecule has 32 heavy (non-hydrogen) atoms. The lowest BCUT2D eigenvalue weighted by Crippen LogP contribution is -2.32. The Bertz CT molecular complexity index is 1560. The highest BCUT2D eigenvalue weighted by molar-refractivity contribution is 8.03. The van der Waals surface area contributed by atoms with E-state index in [4.69, 9.17) is 0 Å². The van der Waals surface area contributed by atoms with E-state index in [2.05, 4.69) is 29.8 Å². The van der Waals surface area contributed by atoms with Crippen LogP contribution in [0.2, 0.25) is 0 Å². The summed E-state index contributed by atoms with van der Waals surface area (Å²) in [5.41, 5.74) is 2.04. The molecule has 0 saturated heterocycles. The summed E-state index contributed by atoms with van der Waals surface area (Å²) in [4.78, 5) is 16.0. The monoisotopic (exact) mass is 482 g/mol. The molecular weight excluding hydrogens is 461 g/mol. The lowest BCUT2D eigenvalue weighted by molar-refractivity contribution is -0.642. The van der Waals surface area contributed by atoms with Crippen LogP contribution in [-0.4, -0.2) is 11.6 Å². The molecule has 2 aromatic heterocycles. The molecule has 0 unspecified atom stereocenters. The zero-order chi connectivity index (χ0) is 22.4. The molecule has 3 heterocycles. The molecule has 0 atom stereocenters. The molecular formula is C24H21FN3OS3+. The minimum absolute atomic E-state index is 0.0126. The molecule has 0 aliphatic carbocycles. The van der Waals surface area contributed by atoms with Crippen LogP contribution < -0.4 is 24.2 Å². The van der Waals surface area contributed by atoms with E-state index in [0.29, 0.717) is 11.1 Å². The quantitative estimate of drug-likeness (QED) is 0.416. The van der Waals surface area contributed by atoms with Gasteiger partial charge in [0.15, 0.2) is 0 Å². The van der Waals surface area contributed by atoms with Crippen LogP contribution in [0.5, 0.6) is 0 Å². The summed E-state index contributed by atoms with van der Waals surface area (Å²) in [5, 5.41) is 2.06. The Labute approximate surface area is 196 Å². The van der Waals surface area contributed by atoms with Crippen molar-refractivity contribution in [2.75, 3.05) is 11.9 Å². The van der Waals surface area contributed by atoms with Crippen molar-refractivity contribution in [3.05, 3.63) is 83.9 Å². The van der Waals surface area contributed by atoms with Crippen molar-refractivity contribution in [1.29, 1.82) is 0 Å². The lowest BCUT2D eigenvalue weighted by atomic mass is 10.3. The predicted molar refractivity (Wildman–Crippen MR) is 133 cm³/mol. The van der Waals surface area contributed by atoms with Crippen molar-refractivity contribution in [3.8, 4) is 0 Å². The number of hydrogen-bond acceptors (Lipinski definition) is 5. The number of aromatic nitrogens is 2. The van der Waals surface area contributed by atoms with Gasteiger partial charge in [-0.1, -0.05) is 35.2 Å². The number of fused-ring (bicyclic) bond motifs is 2. The first kappa shape index (κ1) is 21.2. The topological polar surface area (TPSA) is 29.1 Å². The second kappa shape index (κ2) is 8.35. The normalized spacial score (nSPS) is 16.0. The van der Waals surface area contributed by atoms with Gasteiger partial charge in [-0.05, 0) is 43.3 Å². The fourth-order valence-corrected chi connectivity index (χ4v) is 6.99. The van der Waals surface area contributed by atoms with Crippen molar-refractivity contribution < 1.29 is 8.96 Å². The Balaban J connectivity index is 1.58. The van der Waals surface area contributed by atoms with Gasteiger partial charge in [-0.25, -0.2) is 4.39 Å². The maximum atomic E-state index is 13.6. The van der Waals surface area contributed by atoms with Crippen LogP contribution >= 0.6 is 34.4 Å². The van der Waals surface area contributed by atoms with E-state index in [1.807, 2.05) is 47.7 Å². The average Bonchev–Trinajstić information content (AvgIpc) is 3.38.